The number of piperidine rings is 1. The highest BCUT2D eigenvalue weighted by molar-refractivity contribution is 5.79. The van der Waals surface area contributed by atoms with Gasteiger partial charge in [-0.25, -0.2) is 0 Å². The molecule has 0 bridgehead atoms. The number of hydrogen-bond donors (Lipinski definition) is 2. The molecular weight excluding hydrogens is 130 g/mol. The lowest BCUT2D eigenvalue weighted by Crippen LogP contribution is -2.34. The van der Waals surface area contributed by atoms with Gasteiger partial charge in [0, 0.05) is 6.04 Å². The summed E-state index contributed by atoms with van der Waals surface area (Å²) in [5.74, 6) is -0.607. The molecule has 1 aliphatic carbocycles. The molecule has 2 fully saturated rings. The van der Waals surface area contributed by atoms with Crippen molar-refractivity contribution >= 4 is 5.97 Å². The molecule has 0 amide bonds. The van der Waals surface area contributed by atoms with Gasteiger partial charge in [-0.2, -0.15) is 0 Å². The first kappa shape index (κ1) is 6.16. The van der Waals surface area contributed by atoms with E-state index in [-0.39, 0.29) is 5.41 Å². The van der Waals surface area contributed by atoms with Crippen molar-refractivity contribution in [3.63, 3.8) is 0 Å². The maximum absolute atomic E-state index is 10.7. The molecule has 0 aromatic carbocycles. The van der Waals surface area contributed by atoms with Crippen LogP contribution in [-0.2, 0) is 4.79 Å². The van der Waals surface area contributed by atoms with E-state index in [9.17, 15) is 4.79 Å². The Morgan fingerprint density at radius 2 is 2.50 bits per heavy atom. The van der Waals surface area contributed by atoms with Gasteiger partial charge in [0.15, 0.2) is 0 Å². The summed E-state index contributed by atoms with van der Waals surface area (Å²) in [6, 6.07) is 0.291. The van der Waals surface area contributed by atoms with Crippen LogP contribution in [-0.4, -0.2) is 23.7 Å². The first-order valence-corrected chi connectivity index (χ1v) is 3.72. The van der Waals surface area contributed by atoms with Crippen LogP contribution in [0.15, 0.2) is 0 Å². The number of nitrogens with one attached hydrogen (secondary N) is 1. The molecule has 0 spiro atoms. The third-order valence-corrected chi connectivity index (χ3v) is 2.69. The normalized spacial score (nSPS) is 44.2. The summed E-state index contributed by atoms with van der Waals surface area (Å²) in [5, 5.41) is 12.0. The molecule has 0 unspecified atom stereocenters. The Morgan fingerprint density at radius 1 is 1.70 bits per heavy atom. The zero-order valence-electron chi connectivity index (χ0n) is 5.76. The van der Waals surface area contributed by atoms with Crippen LogP contribution in [0.1, 0.15) is 19.3 Å². The highest BCUT2D eigenvalue weighted by Crippen LogP contribution is 2.51. The fraction of sp³-hybridized carbons (Fsp3) is 0.857. The van der Waals surface area contributed by atoms with Crippen LogP contribution in [0.25, 0.3) is 0 Å². The molecule has 2 N–H and O–H groups in total. The Morgan fingerprint density at radius 3 is 3.00 bits per heavy atom. The number of fused-ring (bicyclic) bond motifs is 1. The Labute approximate surface area is 59.4 Å². The van der Waals surface area contributed by atoms with Gasteiger partial charge in [0.1, 0.15) is 0 Å². The molecule has 0 aromatic rings. The van der Waals surface area contributed by atoms with Crippen LogP contribution in [0.3, 0.4) is 0 Å². The number of carboxylic acids is 1. The molecular formula is C7H11NO2. The van der Waals surface area contributed by atoms with Crippen LogP contribution in [0.4, 0.5) is 0 Å². The van der Waals surface area contributed by atoms with Crippen molar-refractivity contribution in [2.75, 3.05) is 6.54 Å². The summed E-state index contributed by atoms with van der Waals surface area (Å²) in [6.07, 6.45) is 2.74. The summed E-state index contributed by atoms with van der Waals surface area (Å²) in [7, 11) is 0. The van der Waals surface area contributed by atoms with Crippen LogP contribution in [0, 0.1) is 5.41 Å². The number of rotatable bonds is 1. The molecule has 1 aliphatic heterocycles. The molecule has 1 saturated carbocycles. The van der Waals surface area contributed by atoms with Gasteiger partial charge in [0.25, 0.3) is 0 Å². The standard InChI is InChI=1S/C7H11NO2/c9-6(10)7-2-1-3-8-5(7)4-7/h5,8H,1-4H2,(H,9,10)/t5-,7-/m0/s1. The average Bonchev–Trinajstić information content (AvgIpc) is 2.61. The van der Waals surface area contributed by atoms with Gasteiger partial charge in [0.05, 0.1) is 5.41 Å². The van der Waals surface area contributed by atoms with Gasteiger partial charge >= 0.3 is 5.97 Å². The van der Waals surface area contributed by atoms with Gasteiger partial charge in [-0.1, -0.05) is 0 Å². The summed E-state index contributed by atoms with van der Waals surface area (Å²) < 4.78 is 0. The van der Waals surface area contributed by atoms with E-state index in [2.05, 4.69) is 5.32 Å². The lowest BCUT2D eigenvalue weighted by Gasteiger charge is -2.17. The summed E-state index contributed by atoms with van der Waals surface area (Å²) in [5.41, 5.74) is -0.349. The molecule has 2 atom stereocenters. The zero-order chi connectivity index (χ0) is 7.19. The van der Waals surface area contributed by atoms with E-state index >= 15 is 0 Å². The second-order valence-corrected chi connectivity index (χ2v) is 3.28. The maximum atomic E-state index is 10.7. The van der Waals surface area contributed by atoms with E-state index in [0.717, 1.165) is 25.8 Å². The number of carboxylic acid groups (broad SMARTS) is 1. The van der Waals surface area contributed by atoms with Gasteiger partial charge in [0.2, 0.25) is 0 Å². The highest BCUT2D eigenvalue weighted by atomic mass is 16.4. The molecule has 10 heavy (non-hydrogen) atoms. The van der Waals surface area contributed by atoms with E-state index in [0.29, 0.717) is 6.04 Å². The fourth-order valence-corrected chi connectivity index (χ4v) is 1.87. The Bertz CT molecular complexity index is 180. The molecule has 2 aliphatic rings. The van der Waals surface area contributed by atoms with Crippen LogP contribution >= 0.6 is 0 Å². The molecule has 3 nitrogen and oxygen atoms in total. The zero-order valence-corrected chi connectivity index (χ0v) is 5.76. The molecule has 1 saturated heterocycles. The van der Waals surface area contributed by atoms with E-state index in [1.54, 1.807) is 0 Å². The average molecular weight is 141 g/mol. The van der Waals surface area contributed by atoms with Crippen LogP contribution in [0.2, 0.25) is 0 Å². The monoisotopic (exact) mass is 141 g/mol. The topological polar surface area (TPSA) is 49.3 Å². The van der Waals surface area contributed by atoms with Crippen molar-refractivity contribution in [3.8, 4) is 0 Å². The number of carbonyl (C=O) groups is 1. The summed E-state index contributed by atoms with van der Waals surface area (Å²) in [6.45, 7) is 1.000. The van der Waals surface area contributed by atoms with Gasteiger partial charge < -0.3 is 10.4 Å². The minimum atomic E-state index is -0.607. The van der Waals surface area contributed by atoms with E-state index in [1.165, 1.54) is 0 Å². The van der Waals surface area contributed by atoms with Crippen molar-refractivity contribution in [2.24, 2.45) is 5.41 Å². The largest absolute Gasteiger partial charge is 0.481 e. The van der Waals surface area contributed by atoms with Gasteiger partial charge in [-0.3, -0.25) is 4.79 Å². The lowest BCUT2D eigenvalue weighted by atomic mass is 9.97. The number of aliphatic carboxylic acids is 1. The summed E-state index contributed by atoms with van der Waals surface area (Å²) in [4.78, 5) is 10.7. The minimum absolute atomic E-state index is 0.291. The second-order valence-electron chi connectivity index (χ2n) is 3.28. The summed E-state index contributed by atoms with van der Waals surface area (Å²) >= 11 is 0. The SMILES string of the molecule is O=C(O)[C@]12CCCN[C@H]1C2. The molecule has 0 aromatic heterocycles. The Kier molecular flexibility index (Phi) is 1.06. The third kappa shape index (κ3) is 0.611. The maximum Gasteiger partial charge on any atom is 0.311 e. The van der Waals surface area contributed by atoms with E-state index < -0.39 is 5.97 Å². The number of hydrogen-bond acceptors (Lipinski definition) is 2. The lowest BCUT2D eigenvalue weighted by molar-refractivity contribution is -0.144. The van der Waals surface area contributed by atoms with Crippen molar-refractivity contribution in [1.29, 1.82) is 0 Å². The minimum Gasteiger partial charge on any atom is -0.481 e. The predicted molar refractivity (Wildman–Crippen MR) is 35.7 cm³/mol. The highest BCUT2D eigenvalue weighted by Gasteiger charge is 2.60. The molecule has 3 heteroatoms. The van der Waals surface area contributed by atoms with Crippen molar-refractivity contribution in [1.82, 2.24) is 5.32 Å². The Balaban J connectivity index is 2.12. The smallest absolute Gasteiger partial charge is 0.311 e. The third-order valence-electron chi connectivity index (χ3n) is 2.69. The van der Waals surface area contributed by atoms with Crippen molar-refractivity contribution < 1.29 is 9.90 Å². The molecule has 56 valence electrons. The van der Waals surface area contributed by atoms with Gasteiger partial charge in [-0.05, 0) is 25.8 Å². The van der Waals surface area contributed by atoms with Crippen LogP contribution in [0.5, 0.6) is 0 Å². The van der Waals surface area contributed by atoms with Crippen LogP contribution < -0.4 is 5.32 Å². The van der Waals surface area contributed by atoms with Gasteiger partial charge in [-0.15, -0.1) is 0 Å². The molecule has 2 rings (SSSR count). The molecule has 1 heterocycles. The second kappa shape index (κ2) is 1.72. The molecule has 0 radical (unpaired) electrons. The van der Waals surface area contributed by atoms with E-state index in [4.69, 9.17) is 5.11 Å². The quantitative estimate of drug-likeness (QED) is 0.549. The fourth-order valence-electron chi connectivity index (χ4n) is 1.87. The Hall–Kier alpha value is -0.570. The van der Waals surface area contributed by atoms with E-state index in [1.807, 2.05) is 0 Å². The van der Waals surface area contributed by atoms with Crippen molar-refractivity contribution in [2.45, 2.75) is 25.3 Å². The first-order chi connectivity index (χ1) is 4.76. The predicted octanol–water partition coefficient (Wildman–Crippen LogP) is 0.213. The van der Waals surface area contributed by atoms with Crippen molar-refractivity contribution in [3.05, 3.63) is 0 Å². The first-order valence-electron chi connectivity index (χ1n) is 3.72.